The molecular weight excluding hydrogens is 450 g/mol. The van der Waals surface area contributed by atoms with E-state index in [4.69, 9.17) is 19.8 Å². The molecule has 0 aliphatic carbocycles. The molecule has 19 heavy (non-hydrogen) atoms. The maximum atomic E-state index is 10.3. The molecule has 0 heterocycles. The molecule has 108 valence electrons. The van der Waals surface area contributed by atoms with Crippen LogP contribution in [0, 0.1) is 0 Å². The first-order chi connectivity index (χ1) is 5.12. The molecule has 0 aromatic heterocycles. The van der Waals surface area contributed by atoms with E-state index in [-0.39, 0.29) is 214 Å². The van der Waals surface area contributed by atoms with Crippen molar-refractivity contribution < 1.29 is 67.8 Å². The molecule has 0 bridgehead atoms. The van der Waals surface area contributed by atoms with Gasteiger partial charge in [0.2, 0.25) is 0 Å². The van der Waals surface area contributed by atoms with E-state index in [0.717, 1.165) is 0 Å². The number of phosphoric ester groups is 1. The minimum atomic E-state index is -5.24. The maximum absolute atomic E-state index is 10.3. The van der Waals surface area contributed by atoms with Crippen molar-refractivity contribution in [1.82, 2.24) is 0 Å². The monoisotopic (exact) mass is 468 g/mol. The van der Waals surface area contributed by atoms with Gasteiger partial charge in [0.15, 0.2) is 0 Å². The standard InChI is InChI=1S/CH4O9P2.5Ca.2H2O.10H/c2-1(3)9-12(7,8)10-11(4,5)6;;;;;;;;;;;;;;;;;/h(H,2,3)(H,7,8)(H2,4,5,6);;;;;;2*1H2;;;;;;;;;;/q;5*+2;;;10*-1. The van der Waals surface area contributed by atoms with E-state index in [2.05, 4.69) is 8.83 Å². The van der Waals surface area contributed by atoms with Crippen molar-refractivity contribution >= 4 is 210 Å². The van der Waals surface area contributed by atoms with E-state index < -0.39 is 21.8 Å². The van der Waals surface area contributed by atoms with Crippen molar-refractivity contribution in [2.45, 2.75) is 0 Å². The van der Waals surface area contributed by atoms with Gasteiger partial charge in [-0.1, -0.05) is 0 Å². The van der Waals surface area contributed by atoms with Crippen molar-refractivity contribution in [1.29, 1.82) is 0 Å². The van der Waals surface area contributed by atoms with E-state index >= 15 is 0 Å². The molecule has 0 saturated heterocycles. The number of carbonyl (C=O) groups is 1. The number of phosphoric acid groups is 2. The Kier molecular flexibility index (Phi) is 62.3. The van der Waals surface area contributed by atoms with Gasteiger partial charge in [0.1, 0.15) is 0 Å². The number of hydrogen-bond donors (Lipinski definition) is 4. The summed E-state index contributed by atoms with van der Waals surface area (Å²) in [6.07, 6.45) is -2.19. The Balaban J connectivity index is -0.00000000445. The summed E-state index contributed by atoms with van der Waals surface area (Å²) in [5, 5.41) is 7.76. The third-order valence-electron chi connectivity index (χ3n) is 0.403. The fourth-order valence-electron chi connectivity index (χ4n) is 0.250. The molecule has 0 saturated carbocycles. The second kappa shape index (κ2) is 23.8. The van der Waals surface area contributed by atoms with Gasteiger partial charge in [-0.05, 0) is 0 Å². The van der Waals surface area contributed by atoms with Crippen LogP contribution in [-0.2, 0) is 18.0 Å². The van der Waals surface area contributed by atoms with Crippen LogP contribution in [0.15, 0.2) is 0 Å². The summed E-state index contributed by atoms with van der Waals surface area (Å²) >= 11 is 0. The smallest absolute Gasteiger partial charge is 1.00 e. The third kappa shape index (κ3) is 40.1. The molecule has 18 heteroatoms. The van der Waals surface area contributed by atoms with E-state index in [1.807, 2.05) is 0 Å². The van der Waals surface area contributed by atoms with Crippen LogP contribution in [0.25, 0.3) is 0 Å². The van der Waals surface area contributed by atoms with Crippen molar-refractivity contribution in [2.75, 3.05) is 0 Å². The first-order valence-corrected chi connectivity index (χ1v) is 5.17. The zero-order valence-electron chi connectivity index (χ0n) is 19.8. The van der Waals surface area contributed by atoms with Gasteiger partial charge in [0.05, 0.1) is 0 Å². The van der Waals surface area contributed by atoms with Crippen LogP contribution in [0.2, 0.25) is 0 Å². The Bertz CT molecular complexity index is 303. The van der Waals surface area contributed by atoms with Crippen LogP contribution in [0.1, 0.15) is 14.3 Å². The van der Waals surface area contributed by atoms with Crippen LogP contribution in [-0.4, -0.2) is 226 Å². The fraction of sp³-hybridized carbons (Fsp3) is 0. The van der Waals surface area contributed by atoms with Crippen LogP contribution in [0.5, 0.6) is 0 Å². The number of carboxylic acid groups (broad SMARTS) is 1. The summed E-state index contributed by atoms with van der Waals surface area (Å²) in [6, 6.07) is 0. The van der Waals surface area contributed by atoms with Gasteiger partial charge in [-0.2, -0.15) is 4.31 Å². The molecule has 1 atom stereocenters. The van der Waals surface area contributed by atoms with Crippen molar-refractivity contribution in [3.63, 3.8) is 0 Å². The molecule has 0 aliphatic heterocycles. The van der Waals surface area contributed by atoms with Crippen LogP contribution >= 0.6 is 15.6 Å². The van der Waals surface area contributed by atoms with Crippen LogP contribution < -0.4 is 0 Å². The second-order valence-electron chi connectivity index (χ2n) is 1.40. The quantitative estimate of drug-likeness (QED) is 0.253. The largest absolute Gasteiger partial charge is 2.00 e. The summed E-state index contributed by atoms with van der Waals surface area (Å²) in [6.45, 7) is 0. The Hall–Kier alpha value is 5.79. The Morgan fingerprint density at radius 1 is 0.895 bits per heavy atom. The molecule has 0 aromatic rings. The van der Waals surface area contributed by atoms with Crippen molar-refractivity contribution in [3.05, 3.63) is 0 Å². The van der Waals surface area contributed by atoms with Gasteiger partial charge >= 0.3 is 210 Å². The molecule has 8 N–H and O–H groups in total. The van der Waals surface area contributed by atoms with Gasteiger partial charge in [-0.25, -0.2) is 13.9 Å². The Morgan fingerprint density at radius 3 is 1.32 bits per heavy atom. The third-order valence-corrected chi connectivity index (χ3v) is 2.47. The van der Waals surface area contributed by atoms with Gasteiger partial charge < -0.3 is 44.6 Å². The maximum Gasteiger partial charge on any atom is 2.00 e. The summed E-state index contributed by atoms with van der Waals surface area (Å²) < 4.78 is 26.4. The first-order valence-electron chi connectivity index (χ1n) is 2.14. The zero-order chi connectivity index (χ0) is 9.99. The summed E-state index contributed by atoms with van der Waals surface area (Å²) in [5.74, 6) is 0. The summed E-state index contributed by atoms with van der Waals surface area (Å²) in [5.41, 5.74) is 0. The van der Waals surface area contributed by atoms with Crippen molar-refractivity contribution in [2.24, 2.45) is 0 Å². The minimum Gasteiger partial charge on any atom is -1.00 e. The van der Waals surface area contributed by atoms with E-state index in [1.165, 1.54) is 0 Å². The average Bonchev–Trinajstić information content (AvgIpc) is 1.48. The second-order valence-corrected chi connectivity index (χ2v) is 4.15. The zero-order valence-corrected chi connectivity index (χ0v) is 22.6. The Morgan fingerprint density at radius 2 is 1.16 bits per heavy atom. The summed E-state index contributed by atoms with van der Waals surface area (Å²) in [7, 11) is -10.5. The van der Waals surface area contributed by atoms with Gasteiger partial charge in [-0.3, -0.25) is 4.89 Å². The molecule has 0 amide bonds. The predicted molar refractivity (Wildman–Crippen MR) is 79.2 cm³/mol. The van der Waals surface area contributed by atoms with Crippen LogP contribution in [0.4, 0.5) is 4.79 Å². The van der Waals surface area contributed by atoms with E-state index in [1.54, 1.807) is 0 Å². The van der Waals surface area contributed by atoms with Gasteiger partial charge in [0, 0.05) is 0 Å². The van der Waals surface area contributed by atoms with Gasteiger partial charge in [0.25, 0.3) is 0 Å². The SMILES string of the molecule is O.O.O=C(O)OP(=O)(O)OP(=O)(O)O.[Ca+2].[Ca+2].[Ca+2].[Ca+2].[Ca+2].[H-].[H-].[H-].[H-].[H-].[H-].[H-].[H-].[H-].[H-]. The predicted octanol–water partition coefficient (Wildman–Crippen LogP) is -2.54. The van der Waals surface area contributed by atoms with Crippen LogP contribution in [0.3, 0.4) is 0 Å². The molecular formula is CH18Ca5O11P2. The fourth-order valence-corrected chi connectivity index (χ4v) is 1.66. The molecule has 0 rings (SSSR count). The number of rotatable bonds is 3. The molecule has 11 nitrogen and oxygen atoms in total. The molecule has 0 aromatic carbocycles. The molecule has 0 aliphatic rings. The van der Waals surface area contributed by atoms with E-state index in [9.17, 15) is 13.9 Å². The average molecular weight is 468 g/mol. The number of hydrogen-bond acceptors (Lipinski definition) is 5. The van der Waals surface area contributed by atoms with Gasteiger partial charge in [-0.15, -0.1) is 0 Å². The van der Waals surface area contributed by atoms with E-state index in [0.29, 0.717) is 0 Å². The minimum absolute atomic E-state index is 0. The molecule has 0 spiro atoms. The normalized spacial score (nSPS) is 10.5. The topological polar surface area (TPSA) is 214 Å². The molecule has 1 unspecified atom stereocenters. The Labute approximate surface area is 272 Å². The molecule has 0 radical (unpaired) electrons. The summed E-state index contributed by atoms with van der Waals surface area (Å²) in [4.78, 5) is 33.8. The first kappa shape index (κ1) is 49.8. The van der Waals surface area contributed by atoms with Crippen molar-refractivity contribution in [3.8, 4) is 0 Å². The molecule has 0 fully saturated rings.